The van der Waals surface area contributed by atoms with E-state index >= 15 is 0 Å². The Balaban J connectivity index is 0.00000118. The summed E-state index contributed by atoms with van der Waals surface area (Å²) in [6, 6.07) is 14.6. The van der Waals surface area contributed by atoms with Crippen molar-refractivity contribution in [2.75, 3.05) is 24.7 Å². The first-order valence-corrected chi connectivity index (χ1v) is 30.8. The number of carbonyl (C=O) groups excluding carboxylic acids is 8. The van der Waals surface area contributed by atoms with Gasteiger partial charge >= 0.3 is 0 Å². The fraction of sp³-hybridized carbons (Fsp3) is 0.525. The van der Waals surface area contributed by atoms with Crippen molar-refractivity contribution < 1.29 is 53.7 Å². The molecule has 1 saturated heterocycles. The molecule has 10 atom stereocenters. The zero-order valence-electron chi connectivity index (χ0n) is 47.3. The molecule has 0 aliphatic carbocycles. The van der Waals surface area contributed by atoms with Gasteiger partial charge in [-0.1, -0.05) is 146 Å². The fourth-order valence-corrected chi connectivity index (χ4v) is 11.2. The van der Waals surface area contributed by atoms with Crippen molar-refractivity contribution in [3.8, 4) is 0 Å². The van der Waals surface area contributed by atoms with Gasteiger partial charge < -0.3 is 73.8 Å². The minimum absolute atomic E-state index is 0.0340. The van der Waals surface area contributed by atoms with Crippen molar-refractivity contribution in [3.05, 3.63) is 108 Å². The van der Waals surface area contributed by atoms with Gasteiger partial charge in [0.2, 0.25) is 41.4 Å². The van der Waals surface area contributed by atoms with E-state index in [1.165, 1.54) is 52.4 Å². The maximum Gasteiger partial charge on any atom is 0.245 e. The number of aliphatic hydroxyl groups excluding tert-OH is 3. The van der Waals surface area contributed by atoms with Crippen LogP contribution in [0.2, 0.25) is 0 Å². The molecule has 21 nitrogen and oxygen atoms in total. The number of hydrogen-bond donors (Lipinski definition) is 13. The lowest BCUT2D eigenvalue weighted by molar-refractivity contribution is -0.136. The molecule has 1 aliphatic rings. The number of carbonyl (C=O) groups is 8. The molecular formula is C59H86N10O11S2. The number of unbranched alkanes of at least 4 members (excludes halogenated alkanes) is 8. The smallest absolute Gasteiger partial charge is 0.245 e. The Labute approximate surface area is 489 Å². The summed E-state index contributed by atoms with van der Waals surface area (Å²) in [4.78, 5) is 113. The average molecular weight is 1180 g/mol. The van der Waals surface area contributed by atoms with E-state index in [0.29, 0.717) is 24.0 Å². The van der Waals surface area contributed by atoms with Gasteiger partial charge in [-0.15, -0.1) is 0 Å². The van der Waals surface area contributed by atoms with Gasteiger partial charge in [-0.25, -0.2) is 0 Å². The molecule has 2 heterocycles. The Kier molecular flexibility index (Phi) is 31.3. The van der Waals surface area contributed by atoms with E-state index in [1.54, 1.807) is 60.8 Å². The molecule has 5 rings (SSSR count). The van der Waals surface area contributed by atoms with Crippen LogP contribution in [0.3, 0.4) is 0 Å². The highest BCUT2D eigenvalue weighted by Gasteiger charge is 2.36. The molecule has 0 saturated carbocycles. The van der Waals surface area contributed by atoms with Gasteiger partial charge in [-0.2, -0.15) is 0 Å². The van der Waals surface area contributed by atoms with Crippen molar-refractivity contribution in [1.82, 2.24) is 42.2 Å². The Bertz CT molecular complexity index is 2600. The fourth-order valence-electron chi connectivity index (χ4n) is 8.91. The molecule has 0 radical (unpaired) electrons. The minimum atomic E-state index is -1.66. The molecule has 0 unspecified atom stereocenters. The third-order valence-corrected chi connectivity index (χ3v) is 16.2. The average Bonchev–Trinajstić information content (AvgIpc) is 4.13. The molecule has 1 fully saturated rings. The highest BCUT2D eigenvalue weighted by atomic mass is 33.1. The van der Waals surface area contributed by atoms with Crippen LogP contribution in [0, 0.1) is 0 Å². The highest BCUT2D eigenvalue weighted by molar-refractivity contribution is 8.76. The molecule has 4 aromatic rings. The first kappa shape index (κ1) is 68.2. The van der Waals surface area contributed by atoms with E-state index in [4.69, 9.17) is 11.5 Å². The van der Waals surface area contributed by atoms with Gasteiger partial charge in [0.15, 0.2) is 0 Å². The lowest BCUT2D eigenvalue weighted by Crippen LogP contribution is -2.62. The summed E-state index contributed by atoms with van der Waals surface area (Å²) in [7, 11) is 2.06. The molecule has 3 aromatic carbocycles. The maximum absolute atomic E-state index is 14.7. The first-order chi connectivity index (χ1) is 39.5. The van der Waals surface area contributed by atoms with Gasteiger partial charge in [0, 0.05) is 47.9 Å². The molecule has 82 heavy (non-hydrogen) atoms. The number of rotatable bonds is 25. The van der Waals surface area contributed by atoms with E-state index in [-0.39, 0.29) is 43.7 Å². The Morgan fingerprint density at radius 1 is 0.695 bits per heavy atom. The second-order valence-corrected chi connectivity index (χ2v) is 23.1. The number of amides is 7. The Hall–Kier alpha value is -6.34. The Morgan fingerprint density at radius 2 is 1.28 bits per heavy atom. The van der Waals surface area contributed by atoms with Crippen molar-refractivity contribution in [2.24, 2.45) is 11.5 Å². The van der Waals surface area contributed by atoms with E-state index < -0.39 is 108 Å². The molecule has 7 amide bonds. The number of aliphatic hydroxyl groups is 3. The van der Waals surface area contributed by atoms with Gasteiger partial charge in [-0.3, -0.25) is 33.6 Å². The number of aromatic amines is 1. The predicted molar refractivity (Wildman–Crippen MR) is 321 cm³/mol. The van der Waals surface area contributed by atoms with Crippen LogP contribution in [0.1, 0.15) is 108 Å². The van der Waals surface area contributed by atoms with Crippen molar-refractivity contribution in [2.45, 2.75) is 171 Å². The van der Waals surface area contributed by atoms with Crippen LogP contribution in [-0.2, 0) is 57.6 Å². The lowest BCUT2D eigenvalue weighted by Gasteiger charge is -2.29. The molecule has 0 bridgehead atoms. The maximum atomic E-state index is 14.7. The molecule has 450 valence electrons. The van der Waals surface area contributed by atoms with Crippen LogP contribution in [0.4, 0.5) is 0 Å². The van der Waals surface area contributed by atoms with Crippen LogP contribution in [0.5, 0.6) is 0 Å². The van der Waals surface area contributed by atoms with Crippen molar-refractivity contribution in [1.29, 1.82) is 0 Å². The van der Waals surface area contributed by atoms with E-state index in [1.807, 2.05) is 30.3 Å². The molecule has 1 aromatic heterocycles. The van der Waals surface area contributed by atoms with E-state index in [0.717, 1.165) is 57.2 Å². The number of H-pyrrole nitrogens is 1. The molecule has 23 heteroatoms. The van der Waals surface area contributed by atoms with Crippen LogP contribution in [-0.4, -0.2) is 153 Å². The summed E-state index contributed by atoms with van der Waals surface area (Å²) in [5, 5.41) is 50.5. The van der Waals surface area contributed by atoms with Crippen LogP contribution < -0.4 is 48.7 Å². The third kappa shape index (κ3) is 23.9. The normalized spacial score (nSPS) is 21.1. The molecule has 0 spiro atoms. The molecular weight excluding hydrogens is 1090 g/mol. The number of aldehydes is 1. The highest BCUT2D eigenvalue weighted by Crippen LogP contribution is 2.24. The van der Waals surface area contributed by atoms with E-state index in [9.17, 15) is 53.7 Å². The summed E-state index contributed by atoms with van der Waals surface area (Å²) in [6.07, 6.45) is 10.7. The number of aromatic nitrogens is 1. The zero-order valence-corrected chi connectivity index (χ0v) is 49.0. The number of hydrogen-bond acceptors (Lipinski definition) is 15. The van der Waals surface area contributed by atoms with Gasteiger partial charge in [0.25, 0.3) is 0 Å². The van der Waals surface area contributed by atoms with Gasteiger partial charge in [0.1, 0.15) is 42.5 Å². The van der Waals surface area contributed by atoms with Crippen LogP contribution >= 0.6 is 21.6 Å². The third-order valence-electron chi connectivity index (χ3n) is 13.8. The monoisotopic (exact) mass is 1170 g/mol. The number of nitrogens with two attached hydrogens (primary N) is 2. The van der Waals surface area contributed by atoms with Gasteiger partial charge in [0.05, 0.1) is 30.9 Å². The lowest BCUT2D eigenvalue weighted by atomic mass is 10.0. The summed E-state index contributed by atoms with van der Waals surface area (Å²) in [6.45, 7) is 4.45. The van der Waals surface area contributed by atoms with Crippen molar-refractivity contribution in [3.63, 3.8) is 0 Å². The van der Waals surface area contributed by atoms with Gasteiger partial charge in [-0.05, 0) is 75.3 Å². The van der Waals surface area contributed by atoms with Crippen molar-refractivity contribution >= 4 is 80.1 Å². The second-order valence-electron chi connectivity index (χ2n) is 20.6. The predicted octanol–water partition coefficient (Wildman–Crippen LogP) is 2.52. The standard InChI is InChI=1S/C49H66N10O10S2.C10H20O/c1-28(61)39(25-60)56-48(68)41-27-71-70-26-40(57-43(63)34(51)21-30-13-5-3-6-14-30)47(67)54-37(22-31-15-7-4-8-16-31)45(65)55-38(23-32-24-52-35-18-10-9-17-33(32)35)46(66)53-36(19-11-12-20-50)44(64)59-42(29(2)62)49(69)58-41;1-2-3-4-5-6-7-8-9-10-11/h3-10,13-18,24,28-29,34,36-42,52,60-62H,11-12,19-23,25-27,50-51H2,1-2H3,(H,53,66)(H,54,67)(H,55,65)(H,56,68)(H,57,63)(H,58,69)(H,59,64);10H,2-9H2,1H3/t28-,29-,34-,36+,37+,38-,39-,40+,41+,42+;/m1./s1. The largest absolute Gasteiger partial charge is 0.394 e. The summed E-state index contributed by atoms with van der Waals surface area (Å²) >= 11 is 0. The number of nitrogens with one attached hydrogen (secondary N) is 8. The number of para-hydroxylation sites is 1. The summed E-state index contributed by atoms with van der Waals surface area (Å²) in [5.41, 5.74) is 15.0. The zero-order chi connectivity index (χ0) is 59.8. The first-order valence-electron chi connectivity index (χ1n) is 28.4. The summed E-state index contributed by atoms with van der Waals surface area (Å²) < 4.78 is 0. The second kappa shape index (κ2) is 37.7. The summed E-state index contributed by atoms with van der Waals surface area (Å²) in [5.74, 6) is -6.01. The number of fused-ring (bicyclic) bond motifs is 1. The quantitative estimate of drug-likeness (QED) is 0.0258. The minimum Gasteiger partial charge on any atom is -0.394 e. The Morgan fingerprint density at radius 3 is 1.91 bits per heavy atom. The topological polar surface area (TPSA) is 349 Å². The van der Waals surface area contributed by atoms with Crippen LogP contribution in [0.15, 0.2) is 91.1 Å². The van der Waals surface area contributed by atoms with Crippen LogP contribution in [0.25, 0.3) is 10.9 Å². The van der Waals surface area contributed by atoms with E-state index in [2.05, 4.69) is 49.1 Å². The SMILES string of the molecule is CCCCCCCCCC=O.C[C@@H](O)[C@@H]1NC(=O)[C@H](CCCCN)NC(=O)[C@@H](Cc2c[nH]c3ccccc23)NC(=O)[C@H](Cc2ccccc2)NC(=O)[C@@H](NC(=O)[C@H](N)Cc2ccccc2)CSSC[C@@H](C(=O)N[C@H](CO)[C@@H](C)O)NC1=O. The molecule has 1 aliphatic heterocycles. The molecule has 15 N–H and O–H groups in total. The number of benzene rings is 3.